The normalized spacial score (nSPS) is 11.8. The van der Waals surface area contributed by atoms with Crippen molar-refractivity contribution in [2.45, 2.75) is 31.7 Å². The first-order valence-electron chi connectivity index (χ1n) is 7.06. The molecule has 1 aromatic heterocycles. The second-order valence-electron chi connectivity index (χ2n) is 5.51. The van der Waals surface area contributed by atoms with Gasteiger partial charge in [0.25, 0.3) is 0 Å². The molecule has 0 radical (unpaired) electrons. The molecule has 2 N–H and O–H groups in total. The van der Waals surface area contributed by atoms with Gasteiger partial charge in [-0.05, 0) is 24.5 Å². The summed E-state index contributed by atoms with van der Waals surface area (Å²) in [5.41, 5.74) is 0.471. The number of nitrogens with zero attached hydrogens (tertiary/aromatic N) is 1. The number of benzene rings is 1. The molecule has 2 rings (SSSR count). The lowest BCUT2D eigenvalue weighted by molar-refractivity contribution is 0.0692. The number of carboxylic acid groups (broad SMARTS) is 1. The second-order valence-corrected chi connectivity index (χ2v) is 7.24. The molecule has 23 heavy (non-hydrogen) atoms. The van der Waals surface area contributed by atoms with Gasteiger partial charge in [-0.25, -0.2) is 17.9 Å². The van der Waals surface area contributed by atoms with E-state index in [1.54, 1.807) is 6.07 Å². The van der Waals surface area contributed by atoms with E-state index in [4.69, 9.17) is 9.63 Å². The fourth-order valence-electron chi connectivity index (χ4n) is 2.08. The van der Waals surface area contributed by atoms with Crippen molar-refractivity contribution in [3.8, 4) is 0 Å². The molecule has 0 spiro atoms. The zero-order chi connectivity index (χ0) is 17.0. The quantitative estimate of drug-likeness (QED) is 0.799. The molecule has 0 amide bonds. The van der Waals surface area contributed by atoms with E-state index >= 15 is 0 Å². The van der Waals surface area contributed by atoms with Crippen molar-refractivity contribution in [2.24, 2.45) is 5.92 Å². The maximum Gasteiger partial charge on any atom is 0.337 e. The average molecular weight is 338 g/mol. The summed E-state index contributed by atoms with van der Waals surface area (Å²) < 4.78 is 32.0. The van der Waals surface area contributed by atoms with Crippen LogP contribution in [0.1, 0.15) is 35.7 Å². The van der Waals surface area contributed by atoms with Crippen molar-refractivity contribution in [2.75, 3.05) is 0 Å². The second kappa shape index (κ2) is 6.93. The number of hydrogen-bond donors (Lipinski definition) is 2. The van der Waals surface area contributed by atoms with Gasteiger partial charge in [-0.3, -0.25) is 0 Å². The third-order valence-electron chi connectivity index (χ3n) is 3.07. The lowest BCUT2D eigenvalue weighted by Gasteiger charge is -2.07. The Hall–Kier alpha value is -2.19. The van der Waals surface area contributed by atoms with Crippen LogP contribution in [0.2, 0.25) is 0 Å². The molecule has 0 atom stereocenters. The fourth-order valence-corrected chi connectivity index (χ4v) is 3.27. The maximum absolute atomic E-state index is 12.3. The van der Waals surface area contributed by atoms with E-state index < -0.39 is 16.0 Å². The minimum Gasteiger partial charge on any atom is -0.478 e. The van der Waals surface area contributed by atoms with E-state index in [9.17, 15) is 13.2 Å². The van der Waals surface area contributed by atoms with Gasteiger partial charge in [0.15, 0.2) is 5.76 Å². The van der Waals surface area contributed by atoms with Crippen LogP contribution in [0.15, 0.2) is 39.8 Å². The zero-order valence-electron chi connectivity index (χ0n) is 12.8. The summed E-state index contributed by atoms with van der Waals surface area (Å²) in [6.07, 6.45) is 0.734. The highest BCUT2D eigenvalue weighted by molar-refractivity contribution is 7.89. The topological polar surface area (TPSA) is 110 Å². The molecule has 0 saturated heterocycles. The van der Waals surface area contributed by atoms with Gasteiger partial charge in [-0.15, -0.1) is 0 Å². The van der Waals surface area contributed by atoms with Crippen LogP contribution in [0.5, 0.6) is 0 Å². The Morgan fingerprint density at radius 3 is 2.70 bits per heavy atom. The van der Waals surface area contributed by atoms with Crippen LogP contribution < -0.4 is 4.72 Å². The summed E-state index contributed by atoms with van der Waals surface area (Å²) in [5, 5.41) is 13.0. The largest absolute Gasteiger partial charge is 0.478 e. The van der Waals surface area contributed by atoms with E-state index in [1.165, 1.54) is 24.3 Å². The molecule has 7 nitrogen and oxygen atoms in total. The molecule has 8 heteroatoms. The minimum absolute atomic E-state index is 0.0959. The van der Waals surface area contributed by atoms with Gasteiger partial charge in [-0.1, -0.05) is 31.1 Å². The summed E-state index contributed by atoms with van der Waals surface area (Å²) in [5.74, 6) is -0.519. The predicted molar refractivity (Wildman–Crippen MR) is 82.5 cm³/mol. The van der Waals surface area contributed by atoms with E-state index in [0.717, 1.165) is 12.1 Å². The molecular formula is C15H18N2O5S. The fraction of sp³-hybridized carbons (Fsp3) is 0.333. The van der Waals surface area contributed by atoms with Crippen LogP contribution in [-0.2, 0) is 23.0 Å². The number of hydrogen-bond acceptors (Lipinski definition) is 5. The van der Waals surface area contributed by atoms with Gasteiger partial charge < -0.3 is 9.63 Å². The third-order valence-corrected chi connectivity index (χ3v) is 4.53. The van der Waals surface area contributed by atoms with E-state index in [-0.39, 0.29) is 17.0 Å². The van der Waals surface area contributed by atoms with Crippen molar-refractivity contribution in [1.29, 1.82) is 0 Å². The Balaban J connectivity index is 2.13. The lowest BCUT2D eigenvalue weighted by atomic mass is 10.1. The summed E-state index contributed by atoms with van der Waals surface area (Å²) in [7, 11) is -3.97. The summed E-state index contributed by atoms with van der Waals surface area (Å²) >= 11 is 0. The van der Waals surface area contributed by atoms with Gasteiger partial charge in [-0.2, -0.15) is 0 Å². The summed E-state index contributed by atoms with van der Waals surface area (Å²) in [6.45, 7) is 3.99. The van der Waals surface area contributed by atoms with Gasteiger partial charge in [0.2, 0.25) is 10.0 Å². The molecule has 1 heterocycles. The van der Waals surface area contributed by atoms with Crippen LogP contribution in [0.3, 0.4) is 0 Å². The van der Waals surface area contributed by atoms with Gasteiger partial charge >= 0.3 is 5.97 Å². The molecule has 0 fully saturated rings. The Labute approximate surface area is 134 Å². The average Bonchev–Trinajstić information content (AvgIpc) is 2.92. The summed E-state index contributed by atoms with van der Waals surface area (Å²) in [6, 6.07) is 7.11. The van der Waals surface area contributed by atoms with Crippen LogP contribution in [0.4, 0.5) is 0 Å². The number of aromatic nitrogens is 1. The van der Waals surface area contributed by atoms with Crippen LogP contribution in [0, 0.1) is 5.92 Å². The molecule has 2 aromatic rings. The first-order valence-corrected chi connectivity index (χ1v) is 8.54. The van der Waals surface area contributed by atoms with Crippen molar-refractivity contribution >= 4 is 16.0 Å². The minimum atomic E-state index is -3.97. The van der Waals surface area contributed by atoms with E-state index in [2.05, 4.69) is 9.88 Å². The Kier molecular flexibility index (Phi) is 5.17. The third kappa shape index (κ3) is 4.40. The Bertz CT molecular complexity index is 796. The van der Waals surface area contributed by atoms with Crippen molar-refractivity contribution in [3.63, 3.8) is 0 Å². The number of nitrogens with one attached hydrogen (secondary N) is 1. The van der Waals surface area contributed by atoms with Crippen molar-refractivity contribution in [1.82, 2.24) is 9.88 Å². The number of sulfonamides is 1. The Morgan fingerprint density at radius 1 is 1.35 bits per heavy atom. The molecule has 0 saturated carbocycles. The van der Waals surface area contributed by atoms with Gasteiger partial charge in [0.1, 0.15) is 0 Å². The molecule has 0 aliphatic rings. The van der Waals surface area contributed by atoms with Crippen molar-refractivity contribution < 1.29 is 22.8 Å². The molecule has 0 aliphatic heterocycles. The first-order chi connectivity index (χ1) is 10.8. The summed E-state index contributed by atoms with van der Waals surface area (Å²) in [4.78, 5) is 10.8. The molecule has 0 aliphatic carbocycles. The van der Waals surface area contributed by atoms with Crippen LogP contribution >= 0.6 is 0 Å². The van der Waals surface area contributed by atoms with E-state index in [0.29, 0.717) is 11.7 Å². The molecule has 0 bridgehead atoms. The number of carbonyl (C=O) groups is 1. The Morgan fingerprint density at radius 2 is 2.04 bits per heavy atom. The first kappa shape index (κ1) is 17.2. The van der Waals surface area contributed by atoms with Gasteiger partial charge in [0, 0.05) is 6.07 Å². The number of aromatic carboxylic acids is 1. The molecule has 1 aromatic carbocycles. The highest BCUT2D eigenvalue weighted by atomic mass is 32.2. The SMILES string of the molecule is CC(C)Cc1cc(CNS(=O)(=O)c2ccccc2C(=O)O)on1. The highest BCUT2D eigenvalue weighted by Crippen LogP contribution is 2.16. The van der Waals surface area contributed by atoms with E-state index in [1.807, 2.05) is 13.8 Å². The zero-order valence-corrected chi connectivity index (χ0v) is 13.6. The smallest absolute Gasteiger partial charge is 0.337 e. The molecular weight excluding hydrogens is 320 g/mol. The number of carboxylic acids is 1. The van der Waals surface area contributed by atoms with Crippen LogP contribution in [-0.4, -0.2) is 24.7 Å². The molecule has 124 valence electrons. The van der Waals surface area contributed by atoms with Gasteiger partial charge in [0.05, 0.1) is 22.7 Å². The standard InChI is InChI=1S/C15H18N2O5S/c1-10(2)7-11-8-12(22-17-11)9-16-23(20,21)14-6-4-3-5-13(14)15(18)19/h3-6,8,10,16H,7,9H2,1-2H3,(H,18,19). The van der Waals surface area contributed by atoms with Crippen molar-refractivity contribution in [3.05, 3.63) is 47.3 Å². The highest BCUT2D eigenvalue weighted by Gasteiger charge is 2.22. The monoisotopic (exact) mass is 338 g/mol. The number of rotatable bonds is 7. The van der Waals surface area contributed by atoms with Crippen LogP contribution in [0.25, 0.3) is 0 Å². The predicted octanol–water partition coefficient (Wildman–Crippen LogP) is 2.05. The maximum atomic E-state index is 12.3. The molecule has 0 unspecified atom stereocenters. The lowest BCUT2D eigenvalue weighted by Crippen LogP contribution is -2.25.